The second kappa shape index (κ2) is 16.4. The van der Waals surface area contributed by atoms with Crippen molar-refractivity contribution in [2.75, 3.05) is 7.11 Å². The van der Waals surface area contributed by atoms with Crippen LogP contribution in [0.1, 0.15) is 60.3 Å². The van der Waals surface area contributed by atoms with E-state index in [4.69, 9.17) is 23.4 Å². The molecule has 3 aromatic rings. The number of hydrogen-bond donors (Lipinski definition) is 3. The molecule has 15 nitrogen and oxygen atoms in total. The summed E-state index contributed by atoms with van der Waals surface area (Å²) < 4.78 is 25.8. The number of carbonyl (C=O) groups excluding carboxylic acids is 6. The second-order valence-electron chi connectivity index (χ2n) is 12.0. The number of amides is 2. The van der Waals surface area contributed by atoms with Gasteiger partial charge in [0.2, 0.25) is 11.3 Å². The van der Waals surface area contributed by atoms with Gasteiger partial charge in [-0.05, 0) is 65.2 Å². The molecule has 2 atom stereocenters. The number of phenolic OH excluding ortho intramolecular Hbond substituents is 1. The Hall–Kier alpha value is -5.73. The summed E-state index contributed by atoms with van der Waals surface area (Å²) in [6, 6.07) is 5.56. The molecule has 1 heterocycles. The Labute approximate surface area is 280 Å². The molecule has 0 radical (unpaired) electrons. The van der Waals surface area contributed by atoms with Crippen LogP contribution in [0.2, 0.25) is 0 Å². The van der Waals surface area contributed by atoms with Crippen molar-refractivity contribution in [1.82, 2.24) is 10.6 Å². The van der Waals surface area contributed by atoms with Crippen LogP contribution < -0.4 is 25.5 Å². The van der Waals surface area contributed by atoms with E-state index in [1.807, 2.05) is 0 Å². The van der Waals surface area contributed by atoms with E-state index in [2.05, 4.69) is 10.6 Å². The number of ether oxygens (including phenoxy) is 4. The van der Waals surface area contributed by atoms with Crippen LogP contribution in [0.4, 0.5) is 9.59 Å². The minimum Gasteiger partial charge on any atom is -0.507 e. The standard InChI is InChI=1S/C34H38N2O13/c1-18(37)7-13-24(30(41)35-25(31(42)45-6)14-8-19(2)38)36-32(43)47-22-15-26(39)28-27(16-22)46-17-23(29(28)40)20-9-11-21(12-10-20)48-33(44)49-34(3,4)5/h9-12,15-17,24-25,39H,7-8,13-14H2,1-6H3,(H,35,41)(H,36,43)/t24-,25-/m1/s1. The van der Waals surface area contributed by atoms with Gasteiger partial charge in [0, 0.05) is 25.0 Å². The van der Waals surface area contributed by atoms with Gasteiger partial charge in [0.15, 0.2) is 0 Å². The van der Waals surface area contributed by atoms with Crippen molar-refractivity contribution in [1.29, 1.82) is 0 Å². The maximum Gasteiger partial charge on any atom is 0.514 e. The SMILES string of the molecule is COC(=O)[C@@H](CCC(C)=O)NC(=O)[C@@H](CCC(C)=O)NC(=O)Oc1cc(O)c2c(=O)c(-c3ccc(OC(=O)OC(C)(C)C)cc3)coc2c1. The van der Waals surface area contributed by atoms with E-state index in [-0.39, 0.29) is 65.3 Å². The number of nitrogens with one attached hydrogen (secondary N) is 2. The van der Waals surface area contributed by atoms with Gasteiger partial charge in [0.25, 0.3) is 0 Å². The molecular weight excluding hydrogens is 644 g/mol. The Morgan fingerprint density at radius 2 is 1.47 bits per heavy atom. The lowest BCUT2D eigenvalue weighted by Gasteiger charge is -2.21. The number of esters is 1. The molecule has 262 valence electrons. The average molecular weight is 683 g/mol. The van der Waals surface area contributed by atoms with Crippen molar-refractivity contribution >= 4 is 46.7 Å². The van der Waals surface area contributed by atoms with Crippen molar-refractivity contribution in [3.63, 3.8) is 0 Å². The van der Waals surface area contributed by atoms with Gasteiger partial charge in [-0.2, -0.15) is 0 Å². The summed E-state index contributed by atoms with van der Waals surface area (Å²) in [5.41, 5.74) is -1.02. The van der Waals surface area contributed by atoms with Crippen molar-refractivity contribution in [2.24, 2.45) is 0 Å². The molecule has 2 aromatic carbocycles. The first kappa shape index (κ1) is 37.7. The molecule has 2 amide bonds. The minimum atomic E-state index is -1.34. The third kappa shape index (κ3) is 11.2. The molecule has 0 unspecified atom stereocenters. The Bertz CT molecular complexity index is 1790. The van der Waals surface area contributed by atoms with Crippen LogP contribution >= 0.6 is 0 Å². The molecule has 0 bridgehead atoms. The van der Waals surface area contributed by atoms with Crippen molar-refractivity contribution in [3.05, 3.63) is 52.9 Å². The van der Waals surface area contributed by atoms with E-state index >= 15 is 0 Å². The second-order valence-corrected chi connectivity index (χ2v) is 12.0. The molecule has 49 heavy (non-hydrogen) atoms. The fourth-order valence-corrected chi connectivity index (χ4v) is 4.44. The molecule has 3 N–H and O–H groups in total. The first-order chi connectivity index (χ1) is 23.0. The number of phenols is 1. The molecule has 0 saturated carbocycles. The number of rotatable bonds is 13. The highest BCUT2D eigenvalue weighted by molar-refractivity contribution is 5.92. The van der Waals surface area contributed by atoms with Crippen LogP contribution in [0.15, 0.2) is 51.9 Å². The van der Waals surface area contributed by atoms with Gasteiger partial charge < -0.3 is 48.7 Å². The molecule has 1 aromatic heterocycles. The topological polar surface area (TPSA) is 214 Å². The van der Waals surface area contributed by atoms with Gasteiger partial charge in [-0.25, -0.2) is 14.4 Å². The monoisotopic (exact) mass is 682 g/mol. The molecule has 3 rings (SSSR count). The molecule has 0 aliphatic carbocycles. The highest BCUT2D eigenvalue weighted by Gasteiger charge is 2.28. The molecule has 0 aliphatic rings. The van der Waals surface area contributed by atoms with E-state index < -0.39 is 53.0 Å². The highest BCUT2D eigenvalue weighted by Crippen LogP contribution is 2.31. The summed E-state index contributed by atoms with van der Waals surface area (Å²) in [6.07, 6.45) is -1.23. The quantitative estimate of drug-likeness (QED) is 0.169. The smallest absolute Gasteiger partial charge is 0.507 e. The molecule has 0 saturated heterocycles. The van der Waals surface area contributed by atoms with E-state index in [1.54, 1.807) is 20.8 Å². The van der Waals surface area contributed by atoms with Crippen LogP contribution in [0.25, 0.3) is 22.1 Å². The first-order valence-corrected chi connectivity index (χ1v) is 15.1. The third-order valence-electron chi connectivity index (χ3n) is 6.78. The Kier molecular flexibility index (Phi) is 12.6. The fourth-order valence-electron chi connectivity index (χ4n) is 4.44. The number of Topliss-reactive ketones (excluding diaryl/α,β-unsaturated/α-hetero) is 2. The van der Waals surface area contributed by atoms with Crippen molar-refractivity contribution < 1.29 is 57.2 Å². The number of fused-ring (bicyclic) bond motifs is 1. The Morgan fingerprint density at radius 1 is 0.857 bits per heavy atom. The summed E-state index contributed by atoms with van der Waals surface area (Å²) in [7, 11) is 1.11. The number of benzene rings is 2. The lowest BCUT2D eigenvalue weighted by Crippen LogP contribution is -2.52. The summed E-state index contributed by atoms with van der Waals surface area (Å²) in [4.78, 5) is 86.4. The van der Waals surface area contributed by atoms with Gasteiger partial charge in [-0.15, -0.1) is 0 Å². The largest absolute Gasteiger partial charge is 0.514 e. The van der Waals surface area contributed by atoms with Crippen molar-refractivity contribution in [2.45, 2.75) is 78.0 Å². The number of carbonyl (C=O) groups is 6. The molecular formula is C34H38N2O13. The predicted molar refractivity (Wildman–Crippen MR) is 173 cm³/mol. The van der Waals surface area contributed by atoms with Crippen LogP contribution in [-0.2, 0) is 28.7 Å². The van der Waals surface area contributed by atoms with Gasteiger partial charge in [-0.1, -0.05) is 12.1 Å². The van der Waals surface area contributed by atoms with Crippen LogP contribution in [0.5, 0.6) is 17.2 Å². The van der Waals surface area contributed by atoms with Crippen LogP contribution in [-0.4, -0.2) is 65.6 Å². The van der Waals surface area contributed by atoms with Crippen LogP contribution in [0, 0.1) is 0 Å². The zero-order valence-electron chi connectivity index (χ0n) is 27.9. The van der Waals surface area contributed by atoms with E-state index in [0.29, 0.717) is 5.56 Å². The number of aromatic hydroxyl groups is 1. The molecule has 0 aliphatic heterocycles. The Balaban J connectivity index is 1.78. The summed E-state index contributed by atoms with van der Waals surface area (Å²) in [5.74, 6) is -2.77. The first-order valence-electron chi connectivity index (χ1n) is 15.1. The maximum atomic E-state index is 13.3. The summed E-state index contributed by atoms with van der Waals surface area (Å²) >= 11 is 0. The lowest BCUT2D eigenvalue weighted by molar-refractivity contribution is -0.145. The normalized spacial score (nSPS) is 12.3. The average Bonchev–Trinajstić information content (AvgIpc) is 3.00. The number of methoxy groups -OCH3 is 1. The zero-order chi connectivity index (χ0) is 36.5. The van der Waals surface area contributed by atoms with Gasteiger partial charge >= 0.3 is 18.2 Å². The summed E-state index contributed by atoms with van der Waals surface area (Å²) in [5, 5.41) is 15.3. The van der Waals surface area contributed by atoms with Crippen molar-refractivity contribution in [3.8, 4) is 28.4 Å². The highest BCUT2D eigenvalue weighted by atomic mass is 16.7. The van der Waals surface area contributed by atoms with Crippen LogP contribution in [0.3, 0.4) is 0 Å². The fraction of sp³-hybridized carbons (Fsp3) is 0.382. The number of ketones is 2. The molecule has 0 spiro atoms. The van der Waals surface area contributed by atoms with Gasteiger partial charge in [-0.3, -0.25) is 9.59 Å². The third-order valence-corrected chi connectivity index (χ3v) is 6.78. The zero-order valence-corrected chi connectivity index (χ0v) is 27.9. The summed E-state index contributed by atoms with van der Waals surface area (Å²) in [6.45, 7) is 7.69. The molecule has 0 fully saturated rings. The van der Waals surface area contributed by atoms with E-state index in [0.717, 1.165) is 19.4 Å². The predicted octanol–water partition coefficient (Wildman–Crippen LogP) is 4.33. The maximum absolute atomic E-state index is 13.3. The molecule has 15 heteroatoms. The van der Waals surface area contributed by atoms with Gasteiger partial charge in [0.1, 0.15) is 63.7 Å². The number of hydrogen-bond acceptors (Lipinski definition) is 13. The van der Waals surface area contributed by atoms with E-state index in [9.17, 15) is 38.7 Å². The lowest BCUT2D eigenvalue weighted by atomic mass is 10.0. The Morgan fingerprint density at radius 3 is 2.04 bits per heavy atom. The minimum absolute atomic E-state index is 0.0200. The van der Waals surface area contributed by atoms with Gasteiger partial charge in [0.05, 0.1) is 12.7 Å². The van der Waals surface area contributed by atoms with E-state index in [1.165, 1.54) is 44.2 Å².